The van der Waals surface area contributed by atoms with Gasteiger partial charge >= 0.3 is 0 Å². The minimum Gasteiger partial charge on any atom is -0.492 e. The number of guanidine groups is 1. The molecule has 0 aliphatic heterocycles. The van der Waals surface area contributed by atoms with Crippen LogP contribution in [0.3, 0.4) is 0 Å². The first-order valence-corrected chi connectivity index (χ1v) is 8.77. The highest BCUT2D eigenvalue weighted by molar-refractivity contribution is 5.86. The molecule has 3 rings (SSSR count). The Balaban J connectivity index is 1.37. The number of nitrogens with zero attached hydrogens (tertiary/aromatic N) is 5. The van der Waals surface area contributed by atoms with Crippen LogP contribution in [0.5, 0.6) is 5.75 Å². The maximum atomic E-state index is 5.65. The molecule has 1 aromatic carbocycles. The van der Waals surface area contributed by atoms with E-state index in [-0.39, 0.29) is 0 Å². The summed E-state index contributed by atoms with van der Waals surface area (Å²) < 4.78 is 7.37. The molecule has 142 valence electrons. The van der Waals surface area contributed by atoms with Gasteiger partial charge < -0.3 is 20.7 Å². The van der Waals surface area contributed by atoms with E-state index in [0.717, 1.165) is 28.6 Å². The number of hydrogen-bond acceptors (Lipinski definition) is 6. The van der Waals surface area contributed by atoms with Crippen molar-refractivity contribution < 1.29 is 4.74 Å². The highest BCUT2D eigenvalue weighted by Crippen LogP contribution is 2.17. The summed E-state index contributed by atoms with van der Waals surface area (Å²) >= 11 is 0. The highest BCUT2D eigenvalue weighted by Gasteiger charge is 2.07. The second kappa shape index (κ2) is 9.37. The van der Waals surface area contributed by atoms with Gasteiger partial charge in [-0.25, -0.2) is 9.97 Å². The number of para-hydroxylation sites is 1. The van der Waals surface area contributed by atoms with E-state index < -0.39 is 0 Å². The van der Waals surface area contributed by atoms with Crippen LogP contribution in [0.25, 0.3) is 11.0 Å². The number of ether oxygens (including phenoxy) is 1. The monoisotopic (exact) mass is 368 g/mol. The standard InChI is InChI=1S/C18H24N8O/c1-19-18(22-10-11-27-14-6-4-3-5-7-14)21-9-8-20-16-15-12-25-26(2)17(15)24-13-23-16/h3-7,12-13H,8-11H2,1-2H3,(H2,19,21,22)(H,20,23,24). The number of anilines is 1. The first kappa shape index (κ1) is 18.4. The molecule has 0 unspecified atom stereocenters. The highest BCUT2D eigenvalue weighted by atomic mass is 16.5. The summed E-state index contributed by atoms with van der Waals surface area (Å²) in [6, 6.07) is 9.74. The topological polar surface area (TPSA) is 101 Å². The van der Waals surface area contributed by atoms with Gasteiger partial charge in [-0.2, -0.15) is 5.10 Å². The van der Waals surface area contributed by atoms with Crippen molar-refractivity contribution >= 4 is 22.8 Å². The molecule has 0 bridgehead atoms. The number of aliphatic imine (C=N–C) groups is 1. The van der Waals surface area contributed by atoms with Crippen molar-refractivity contribution in [1.29, 1.82) is 0 Å². The van der Waals surface area contributed by atoms with Crippen LogP contribution in [0.4, 0.5) is 5.82 Å². The summed E-state index contributed by atoms with van der Waals surface area (Å²) in [5.41, 5.74) is 0.802. The van der Waals surface area contributed by atoms with Crippen LogP contribution in [0, 0.1) is 0 Å². The van der Waals surface area contributed by atoms with Gasteiger partial charge in [0.25, 0.3) is 0 Å². The van der Waals surface area contributed by atoms with E-state index in [9.17, 15) is 0 Å². The molecule has 0 spiro atoms. The number of hydrogen-bond donors (Lipinski definition) is 3. The fraction of sp³-hybridized carbons (Fsp3) is 0.333. The van der Waals surface area contributed by atoms with Gasteiger partial charge in [-0.1, -0.05) is 18.2 Å². The van der Waals surface area contributed by atoms with Crippen molar-refractivity contribution in [3.8, 4) is 5.75 Å². The molecule has 27 heavy (non-hydrogen) atoms. The quantitative estimate of drug-likeness (QED) is 0.310. The summed E-state index contributed by atoms with van der Waals surface area (Å²) in [6.07, 6.45) is 3.30. The van der Waals surface area contributed by atoms with E-state index in [1.165, 1.54) is 6.33 Å². The second-order valence-electron chi connectivity index (χ2n) is 5.74. The number of benzene rings is 1. The molecule has 0 saturated carbocycles. The molecule has 2 heterocycles. The van der Waals surface area contributed by atoms with Crippen molar-refractivity contribution in [2.75, 3.05) is 38.6 Å². The Morgan fingerprint density at radius 3 is 2.74 bits per heavy atom. The van der Waals surface area contributed by atoms with E-state index in [4.69, 9.17) is 4.74 Å². The summed E-state index contributed by atoms with van der Waals surface area (Å²) in [5, 5.41) is 14.9. The van der Waals surface area contributed by atoms with Gasteiger partial charge in [-0.3, -0.25) is 9.67 Å². The zero-order chi connectivity index (χ0) is 18.9. The zero-order valence-corrected chi connectivity index (χ0v) is 15.5. The van der Waals surface area contributed by atoms with Gasteiger partial charge in [-0.05, 0) is 12.1 Å². The Morgan fingerprint density at radius 2 is 1.93 bits per heavy atom. The van der Waals surface area contributed by atoms with Crippen molar-refractivity contribution in [1.82, 2.24) is 30.4 Å². The van der Waals surface area contributed by atoms with E-state index in [1.807, 2.05) is 37.4 Å². The fourth-order valence-corrected chi connectivity index (χ4v) is 2.54. The molecule has 0 amide bonds. The lowest BCUT2D eigenvalue weighted by Crippen LogP contribution is -2.41. The lowest BCUT2D eigenvalue weighted by Gasteiger charge is -2.13. The van der Waals surface area contributed by atoms with Gasteiger partial charge in [0.15, 0.2) is 11.6 Å². The minimum absolute atomic E-state index is 0.558. The van der Waals surface area contributed by atoms with Gasteiger partial charge in [0.1, 0.15) is 24.5 Å². The van der Waals surface area contributed by atoms with Crippen molar-refractivity contribution in [2.24, 2.45) is 12.0 Å². The minimum atomic E-state index is 0.558. The predicted octanol–water partition coefficient (Wildman–Crippen LogP) is 1.02. The first-order valence-electron chi connectivity index (χ1n) is 8.77. The fourth-order valence-electron chi connectivity index (χ4n) is 2.54. The predicted molar refractivity (Wildman–Crippen MR) is 106 cm³/mol. The molecule has 3 N–H and O–H groups in total. The van der Waals surface area contributed by atoms with E-state index in [1.54, 1.807) is 17.9 Å². The molecule has 0 aliphatic carbocycles. The van der Waals surface area contributed by atoms with Gasteiger partial charge in [0.05, 0.1) is 18.1 Å². The number of nitrogens with one attached hydrogen (secondary N) is 3. The summed E-state index contributed by atoms with van der Waals surface area (Å²) in [4.78, 5) is 12.7. The van der Waals surface area contributed by atoms with Crippen molar-refractivity contribution in [3.63, 3.8) is 0 Å². The molecule has 2 aromatic heterocycles. The van der Waals surface area contributed by atoms with Crippen LogP contribution < -0.4 is 20.7 Å². The number of fused-ring (bicyclic) bond motifs is 1. The third kappa shape index (κ3) is 5.06. The Labute approximate surface area is 157 Å². The average molecular weight is 368 g/mol. The number of aryl methyl sites for hydroxylation is 1. The maximum Gasteiger partial charge on any atom is 0.191 e. The van der Waals surface area contributed by atoms with Crippen LogP contribution in [-0.2, 0) is 7.05 Å². The van der Waals surface area contributed by atoms with Gasteiger partial charge in [0.2, 0.25) is 0 Å². The molecule has 9 nitrogen and oxygen atoms in total. The molecule has 0 radical (unpaired) electrons. The molecule has 0 fully saturated rings. The second-order valence-corrected chi connectivity index (χ2v) is 5.74. The van der Waals surface area contributed by atoms with Gasteiger partial charge in [-0.15, -0.1) is 0 Å². The molecule has 0 atom stereocenters. The Kier molecular flexibility index (Phi) is 6.40. The Bertz CT molecular complexity index is 877. The van der Waals surface area contributed by atoms with Crippen molar-refractivity contribution in [2.45, 2.75) is 0 Å². The Hall–Kier alpha value is -3.36. The summed E-state index contributed by atoms with van der Waals surface area (Å²) in [6.45, 7) is 2.58. The van der Waals surface area contributed by atoms with Crippen LogP contribution >= 0.6 is 0 Å². The SMILES string of the molecule is CN=C(NCCNc1ncnc2c1cnn2C)NCCOc1ccccc1. The first-order chi connectivity index (χ1) is 13.3. The molecule has 0 aliphatic rings. The molecule has 0 saturated heterocycles. The normalized spacial score (nSPS) is 11.4. The summed E-state index contributed by atoms with van der Waals surface area (Å²) in [7, 11) is 3.60. The van der Waals surface area contributed by atoms with Crippen LogP contribution in [0.1, 0.15) is 0 Å². The maximum absolute atomic E-state index is 5.65. The van der Waals surface area contributed by atoms with E-state index in [0.29, 0.717) is 26.2 Å². The third-order valence-electron chi connectivity index (χ3n) is 3.87. The van der Waals surface area contributed by atoms with E-state index in [2.05, 4.69) is 36.0 Å². The summed E-state index contributed by atoms with van der Waals surface area (Å²) in [5.74, 6) is 2.36. The van der Waals surface area contributed by atoms with Crippen LogP contribution in [-0.4, -0.2) is 59.0 Å². The van der Waals surface area contributed by atoms with Crippen LogP contribution in [0.2, 0.25) is 0 Å². The number of aromatic nitrogens is 4. The Morgan fingerprint density at radius 1 is 1.11 bits per heavy atom. The third-order valence-corrected chi connectivity index (χ3v) is 3.87. The molecular weight excluding hydrogens is 344 g/mol. The van der Waals surface area contributed by atoms with Gasteiger partial charge in [0, 0.05) is 27.2 Å². The van der Waals surface area contributed by atoms with Crippen molar-refractivity contribution in [3.05, 3.63) is 42.9 Å². The lowest BCUT2D eigenvalue weighted by atomic mass is 10.3. The molecule has 9 heteroatoms. The lowest BCUT2D eigenvalue weighted by molar-refractivity contribution is 0.322. The molecular formula is C18H24N8O. The zero-order valence-electron chi connectivity index (χ0n) is 15.5. The van der Waals surface area contributed by atoms with E-state index >= 15 is 0 Å². The smallest absolute Gasteiger partial charge is 0.191 e. The van der Waals surface area contributed by atoms with Crippen LogP contribution in [0.15, 0.2) is 47.8 Å². The largest absolute Gasteiger partial charge is 0.492 e. The average Bonchev–Trinajstić information content (AvgIpc) is 3.09. The number of rotatable bonds is 8. The molecule has 3 aromatic rings.